The normalized spacial score (nSPS) is 11.0. The molecule has 0 aliphatic heterocycles. The van der Waals surface area contributed by atoms with Gasteiger partial charge in [0.25, 0.3) is 0 Å². The number of hydrogen-bond donors (Lipinski definition) is 1. The van der Waals surface area contributed by atoms with Gasteiger partial charge in [-0.15, -0.1) is 0 Å². The number of imidazole rings is 1. The summed E-state index contributed by atoms with van der Waals surface area (Å²) >= 11 is 0. The van der Waals surface area contributed by atoms with Crippen LogP contribution in [0.3, 0.4) is 0 Å². The second-order valence-corrected chi connectivity index (χ2v) is 6.58. The monoisotopic (exact) mass is 397 g/mol. The molecule has 3 heterocycles. The van der Waals surface area contributed by atoms with Crippen LogP contribution >= 0.6 is 0 Å². The summed E-state index contributed by atoms with van der Waals surface area (Å²) in [5, 5.41) is 7.61. The summed E-state index contributed by atoms with van der Waals surface area (Å²) in [6.07, 6.45) is 7.08. The molecule has 0 aliphatic rings. The van der Waals surface area contributed by atoms with Crippen molar-refractivity contribution in [3.05, 3.63) is 79.5 Å². The number of anilines is 2. The molecule has 1 N–H and O–H groups in total. The van der Waals surface area contributed by atoms with Crippen molar-refractivity contribution in [3.63, 3.8) is 0 Å². The SMILES string of the molecule is CCOc1ccc(-n2cnc3cnc(Nc4cnn(-c5ccccc5)c4)nc32)cc1. The van der Waals surface area contributed by atoms with Gasteiger partial charge in [0, 0.05) is 5.69 Å². The highest BCUT2D eigenvalue weighted by Gasteiger charge is 2.10. The van der Waals surface area contributed by atoms with Gasteiger partial charge in [-0.3, -0.25) is 4.57 Å². The number of ether oxygens (including phenoxy) is 1. The van der Waals surface area contributed by atoms with Crippen molar-refractivity contribution in [2.75, 3.05) is 11.9 Å². The molecular formula is C22H19N7O. The summed E-state index contributed by atoms with van der Waals surface area (Å²) < 4.78 is 9.24. The highest BCUT2D eigenvalue weighted by molar-refractivity contribution is 5.74. The third-order valence-corrected chi connectivity index (χ3v) is 4.58. The molecule has 5 aromatic rings. The second-order valence-electron chi connectivity index (χ2n) is 6.58. The van der Waals surface area contributed by atoms with Crippen LogP contribution in [0.25, 0.3) is 22.5 Å². The van der Waals surface area contributed by atoms with Crippen LogP contribution in [0.2, 0.25) is 0 Å². The summed E-state index contributed by atoms with van der Waals surface area (Å²) in [6.45, 7) is 2.60. The van der Waals surface area contributed by atoms with Gasteiger partial charge in [-0.2, -0.15) is 10.1 Å². The first kappa shape index (κ1) is 17.9. The molecule has 5 rings (SSSR count). The Morgan fingerprint density at radius 2 is 1.77 bits per heavy atom. The van der Waals surface area contributed by atoms with E-state index in [1.165, 1.54) is 0 Å². The summed E-state index contributed by atoms with van der Waals surface area (Å²) in [7, 11) is 0. The van der Waals surface area contributed by atoms with Crippen molar-refractivity contribution >= 4 is 22.8 Å². The molecule has 0 spiro atoms. The molecule has 0 bridgehead atoms. The van der Waals surface area contributed by atoms with Crippen molar-refractivity contribution in [2.45, 2.75) is 6.92 Å². The van der Waals surface area contributed by atoms with Crippen molar-refractivity contribution in [3.8, 4) is 17.1 Å². The van der Waals surface area contributed by atoms with E-state index in [4.69, 9.17) is 4.74 Å². The number of para-hydroxylation sites is 1. The van der Waals surface area contributed by atoms with E-state index in [0.717, 1.165) is 28.3 Å². The lowest BCUT2D eigenvalue weighted by Crippen LogP contribution is -2.00. The minimum Gasteiger partial charge on any atom is -0.494 e. The second kappa shape index (κ2) is 7.67. The topological polar surface area (TPSA) is 82.7 Å². The molecular weight excluding hydrogens is 378 g/mol. The molecule has 3 aromatic heterocycles. The van der Waals surface area contributed by atoms with E-state index >= 15 is 0 Å². The molecule has 148 valence electrons. The van der Waals surface area contributed by atoms with E-state index in [2.05, 4.69) is 25.4 Å². The van der Waals surface area contributed by atoms with Crippen molar-refractivity contribution < 1.29 is 4.74 Å². The fourth-order valence-electron chi connectivity index (χ4n) is 3.17. The molecule has 8 heteroatoms. The lowest BCUT2D eigenvalue weighted by atomic mass is 10.3. The summed E-state index contributed by atoms with van der Waals surface area (Å²) in [4.78, 5) is 13.4. The third kappa shape index (κ3) is 3.46. The predicted molar refractivity (Wildman–Crippen MR) is 115 cm³/mol. The average molecular weight is 397 g/mol. The van der Waals surface area contributed by atoms with Gasteiger partial charge in [-0.25, -0.2) is 14.6 Å². The van der Waals surface area contributed by atoms with Crippen LogP contribution in [-0.2, 0) is 0 Å². The molecule has 30 heavy (non-hydrogen) atoms. The molecule has 0 saturated heterocycles. The molecule has 2 aromatic carbocycles. The van der Waals surface area contributed by atoms with E-state index in [0.29, 0.717) is 18.2 Å². The molecule has 0 amide bonds. The Labute approximate surface area is 172 Å². The van der Waals surface area contributed by atoms with Crippen LogP contribution in [0, 0.1) is 0 Å². The molecule has 0 unspecified atom stereocenters. The fraction of sp³-hybridized carbons (Fsp3) is 0.0909. The predicted octanol–water partition coefficient (Wildman–Crippen LogP) is 4.14. The minimum atomic E-state index is 0.475. The highest BCUT2D eigenvalue weighted by Crippen LogP contribution is 2.21. The van der Waals surface area contributed by atoms with Crippen molar-refractivity contribution in [2.24, 2.45) is 0 Å². The Hall–Kier alpha value is -4.20. The first-order valence-corrected chi connectivity index (χ1v) is 9.60. The lowest BCUT2D eigenvalue weighted by molar-refractivity contribution is 0.340. The average Bonchev–Trinajstić information content (AvgIpc) is 3.42. The van der Waals surface area contributed by atoms with Crippen LogP contribution in [0.5, 0.6) is 5.75 Å². The number of rotatable bonds is 6. The van der Waals surface area contributed by atoms with E-state index in [-0.39, 0.29) is 0 Å². The zero-order chi connectivity index (χ0) is 20.3. The largest absolute Gasteiger partial charge is 0.494 e. The van der Waals surface area contributed by atoms with Crippen LogP contribution in [0.1, 0.15) is 6.92 Å². The van der Waals surface area contributed by atoms with Gasteiger partial charge in [0.15, 0.2) is 5.65 Å². The summed E-state index contributed by atoms with van der Waals surface area (Å²) in [5.41, 5.74) is 4.16. The van der Waals surface area contributed by atoms with Crippen LogP contribution < -0.4 is 10.1 Å². The standard InChI is InChI=1S/C22H19N7O/c1-2-30-19-10-8-17(9-11-19)28-15-24-20-13-23-22(27-21(20)28)26-16-12-25-29(14-16)18-6-4-3-5-7-18/h3-15H,2H2,1H3,(H,23,26,27). The number of nitrogens with zero attached hydrogens (tertiary/aromatic N) is 6. The maximum atomic E-state index is 5.52. The maximum absolute atomic E-state index is 5.52. The number of benzene rings is 2. The van der Waals surface area contributed by atoms with E-state index in [9.17, 15) is 0 Å². The van der Waals surface area contributed by atoms with Gasteiger partial charge >= 0.3 is 0 Å². The third-order valence-electron chi connectivity index (χ3n) is 4.58. The minimum absolute atomic E-state index is 0.475. The smallest absolute Gasteiger partial charge is 0.229 e. The van der Waals surface area contributed by atoms with Gasteiger partial charge in [0.2, 0.25) is 5.95 Å². The van der Waals surface area contributed by atoms with E-state index < -0.39 is 0 Å². The zero-order valence-electron chi connectivity index (χ0n) is 16.3. The number of aromatic nitrogens is 6. The van der Waals surface area contributed by atoms with Crippen LogP contribution in [-0.4, -0.2) is 35.9 Å². The van der Waals surface area contributed by atoms with Gasteiger partial charge in [0.05, 0.1) is 36.6 Å². The van der Waals surface area contributed by atoms with Gasteiger partial charge in [-0.1, -0.05) is 18.2 Å². The Balaban J connectivity index is 1.42. The van der Waals surface area contributed by atoms with Crippen LogP contribution in [0.4, 0.5) is 11.6 Å². The van der Waals surface area contributed by atoms with Crippen LogP contribution in [0.15, 0.2) is 79.5 Å². The Kier molecular flexibility index (Phi) is 4.57. The number of nitrogens with one attached hydrogen (secondary N) is 1. The Bertz CT molecular complexity index is 1280. The summed E-state index contributed by atoms with van der Waals surface area (Å²) in [5.74, 6) is 1.31. The quantitative estimate of drug-likeness (QED) is 0.464. The molecule has 0 saturated carbocycles. The van der Waals surface area contributed by atoms with Gasteiger partial charge in [0.1, 0.15) is 17.6 Å². The molecule has 0 aliphatic carbocycles. The number of hydrogen-bond acceptors (Lipinski definition) is 6. The molecule has 8 nitrogen and oxygen atoms in total. The Morgan fingerprint density at radius 1 is 0.933 bits per heavy atom. The zero-order valence-corrected chi connectivity index (χ0v) is 16.3. The molecule has 0 atom stereocenters. The first-order valence-electron chi connectivity index (χ1n) is 9.60. The molecule has 0 fully saturated rings. The van der Waals surface area contributed by atoms with Gasteiger partial charge in [-0.05, 0) is 43.3 Å². The number of fused-ring (bicyclic) bond motifs is 1. The van der Waals surface area contributed by atoms with E-state index in [1.807, 2.05) is 72.3 Å². The first-order chi connectivity index (χ1) is 14.8. The van der Waals surface area contributed by atoms with E-state index in [1.54, 1.807) is 23.4 Å². The molecule has 0 radical (unpaired) electrons. The fourth-order valence-corrected chi connectivity index (χ4v) is 3.17. The lowest BCUT2D eigenvalue weighted by Gasteiger charge is -2.07. The van der Waals surface area contributed by atoms with Crippen molar-refractivity contribution in [1.29, 1.82) is 0 Å². The maximum Gasteiger partial charge on any atom is 0.229 e. The Morgan fingerprint density at radius 3 is 2.57 bits per heavy atom. The highest BCUT2D eigenvalue weighted by atomic mass is 16.5. The van der Waals surface area contributed by atoms with Gasteiger partial charge < -0.3 is 10.1 Å². The summed E-state index contributed by atoms with van der Waals surface area (Å²) in [6, 6.07) is 17.7. The van der Waals surface area contributed by atoms with Crippen molar-refractivity contribution in [1.82, 2.24) is 29.3 Å².